The van der Waals surface area contributed by atoms with Gasteiger partial charge in [-0.15, -0.1) is 0 Å². The maximum atomic E-state index is 11.2. The van der Waals surface area contributed by atoms with Gasteiger partial charge in [-0.25, -0.2) is 0 Å². The minimum absolute atomic E-state index is 0.181. The van der Waals surface area contributed by atoms with E-state index in [1.165, 1.54) is 0 Å². The third kappa shape index (κ3) is 4.56. The van der Waals surface area contributed by atoms with E-state index in [9.17, 15) is 9.59 Å². The van der Waals surface area contributed by atoms with Crippen LogP contribution in [0.2, 0.25) is 0 Å². The van der Waals surface area contributed by atoms with Gasteiger partial charge in [0.15, 0.2) is 0 Å². The third-order valence-electron chi connectivity index (χ3n) is 2.01. The molecule has 1 heterocycles. The Hall–Kier alpha value is -1.18. The number of nitrogens with one attached hydrogen (secondary N) is 2. The monoisotopic (exact) mass is 231 g/mol. The molecule has 1 fully saturated rings. The van der Waals surface area contributed by atoms with Crippen molar-refractivity contribution in [3.05, 3.63) is 0 Å². The third-order valence-corrected chi connectivity index (χ3v) is 2.01. The lowest BCUT2D eigenvalue weighted by Gasteiger charge is -2.22. The van der Waals surface area contributed by atoms with Gasteiger partial charge in [0.05, 0.1) is 25.9 Å². The number of carbonyl (C=O) groups excluding carboxylic acids is 2. The molecule has 7 heteroatoms. The molecule has 0 aromatic rings. The van der Waals surface area contributed by atoms with Gasteiger partial charge in [-0.05, 0) is 0 Å². The Kier molecular flexibility index (Phi) is 5.76. The SMILES string of the molecule is NCCNC(=O)C(=O)NCC1COCCO1. The molecule has 1 saturated heterocycles. The summed E-state index contributed by atoms with van der Waals surface area (Å²) in [7, 11) is 0. The topological polar surface area (TPSA) is 103 Å². The van der Waals surface area contributed by atoms with E-state index in [1.54, 1.807) is 0 Å². The number of hydrogen-bond acceptors (Lipinski definition) is 5. The summed E-state index contributed by atoms with van der Waals surface area (Å²) in [6, 6.07) is 0. The zero-order valence-electron chi connectivity index (χ0n) is 9.03. The second-order valence-corrected chi connectivity index (χ2v) is 3.32. The summed E-state index contributed by atoms with van der Waals surface area (Å²) >= 11 is 0. The highest BCUT2D eigenvalue weighted by Crippen LogP contribution is 1.98. The molecule has 0 aromatic heterocycles. The Balaban J connectivity index is 2.15. The van der Waals surface area contributed by atoms with E-state index < -0.39 is 11.8 Å². The molecular formula is C9H17N3O4. The number of carbonyl (C=O) groups is 2. The first-order chi connectivity index (χ1) is 7.74. The molecule has 1 aliphatic rings. The van der Waals surface area contributed by atoms with Gasteiger partial charge in [0.1, 0.15) is 0 Å². The average Bonchev–Trinajstić information content (AvgIpc) is 2.34. The largest absolute Gasteiger partial charge is 0.376 e. The summed E-state index contributed by atoms with van der Waals surface area (Å²) in [5.41, 5.74) is 5.18. The molecule has 0 radical (unpaired) electrons. The van der Waals surface area contributed by atoms with Crippen molar-refractivity contribution >= 4 is 11.8 Å². The minimum Gasteiger partial charge on any atom is -0.376 e. The number of nitrogens with two attached hydrogens (primary N) is 1. The average molecular weight is 231 g/mol. The fraction of sp³-hybridized carbons (Fsp3) is 0.778. The van der Waals surface area contributed by atoms with Crippen LogP contribution in [0, 0.1) is 0 Å². The normalized spacial score (nSPS) is 20.2. The van der Waals surface area contributed by atoms with Crippen LogP contribution in [0.1, 0.15) is 0 Å². The van der Waals surface area contributed by atoms with Crippen LogP contribution in [0.3, 0.4) is 0 Å². The van der Waals surface area contributed by atoms with Crippen molar-refractivity contribution in [2.75, 3.05) is 39.5 Å². The van der Waals surface area contributed by atoms with Crippen LogP contribution in [0.5, 0.6) is 0 Å². The van der Waals surface area contributed by atoms with Crippen molar-refractivity contribution in [1.29, 1.82) is 0 Å². The maximum absolute atomic E-state index is 11.2. The van der Waals surface area contributed by atoms with Crippen molar-refractivity contribution in [3.63, 3.8) is 0 Å². The van der Waals surface area contributed by atoms with Crippen molar-refractivity contribution in [2.24, 2.45) is 5.73 Å². The van der Waals surface area contributed by atoms with Crippen molar-refractivity contribution in [2.45, 2.75) is 6.10 Å². The molecule has 1 aliphatic heterocycles. The van der Waals surface area contributed by atoms with Crippen LogP contribution in [0.25, 0.3) is 0 Å². The van der Waals surface area contributed by atoms with E-state index in [2.05, 4.69) is 10.6 Å². The maximum Gasteiger partial charge on any atom is 0.309 e. The van der Waals surface area contributed by atoms with Crippen LogP contribution >= 0.6 is 0 Å². The van der Waals surface area contributed by atoms with Crippen LogP contribution in [0.4, 0.5) is 0 Å². The molecule has 92 valence electrons. The lowest BCUT2D eigenvalue weighted by molar-refractivity contribution is -0.140. The predicted octanol–water partition coefficient (Wildman–Crippen LogP) is -2.41. The van der Waals surface area contributed by atoms with Gasteiger partial charge in [-0.2, -0.15) is 0 Å². The summed E-state index contributed by atoms with van der Waals surface area (Å²) in [5, 5.41) is 4.84. The highest BCUT2D eigenvalue weighted by Gasteiger charge is 2.18. The molecule has 4 N–H and O–H groups in total. The highest BCUT2D eigenvalue weighted by atomic mass is 16.6. The van der Waals surface area contributed by atoms with Crippen LogP contribution in [-0.2, 0) is 19.1 Å². The molecule has 1 rings (SSSR count). The number of amides is 2. The van der Waals surface area contributed by atoms with E-state index in [0.717, 1.165) is 0 Å². The second kappa shape index (κ2) is 7.15. The molecule has 0 aliphatic carbocycles. The summed E-state index contributed by atoms with van der Waals surface area (Å²) in [5.74, 6) is -1.36. The Morgan fingerprint density at radius 1 is 1.25 bits per heavy atom. The van der Waals surface area contributed by atoms with Crippen LogP contribution in [0.15, 0.2) is 0 Å². The zero-order chi connectivity index (χ0) is 11.8. The van der Waals surface area contributed by atoms with Gasteiger partial charge in [-0.1, -0.05) is 0 Å². The summed E-state index contributed by atoms with van der Waals surface area (Å²) in [6.07, 6.45) is -0.181. The smallest absolute Gasteiger partial charge is 0.309 e. The van der Waals surface area contributed by atoms with E-state index in [1.807, 2.05) is 0 Å². The molecular weight excluding hydrogens is 214 g/mol. The summed E-state index contributed by atoms with van der Waals surface area (Å²) < 4.78 is 10.4. The molecule has 7 nitrogen and oxygen atoms in total. The van der Waals surface area contributed by atoms with Crippen LogP contribution in [-0.4, -0.2) is 57.4 Å². The fourth-order valence-electron chi connectivity index (χ4n) is 1.21. The molecule has 1 atom stereocenters. The van der Waals surface area contributed by atoms with Gasteiger partial charge in [0, 0.05) is 19.6 Å². The molecule has 2 amide bonds. The summed E-state index contributed by atoms with van der Waals surface area (Å²) in [4.78, 5) is 22.4. The number of rotatable bonds is 4. The Morgan fingerprint density at radius 2 is 2.00 bits per heavy atom. The van der Waals surface area contributed by atoms with Gasteiger partial charge in [0.2, 0.25) is 0 Å². The van der Waals surface area contributed by atoms with Crippen LogP contribution < -0.4 is 16.4 Å². The quantitative estimate of drug-likeness (QED) is 0.468. The fourth-order valence-corrected chi connectivity index (χ4v) is 1.21. The van der Waals surface area contributed by atoms with Gasteiger partial charge >= 0.3 is 11.8 Å². The van der Waals surface area contributed by atoms with Crippen molar-refractivity contribution in [3.8, 4) is 0 Å². The second-order valence-electron chi connectivity index (χ2n) is 3.32. The Morgan fingerprint density at radius 3 is 2.62 bits per heavy atom. The first-order valence-corrected chi connectivity index (χ1v) is 5.19. The molecule has 16 heavy (non-hydrogen) atoms. The number of hydrogen-bond donors (Lipinski definition) is 3. The Labute approximate surface area is 93.6 Å². The Bertz CT molecular complexity index is 241. The highest BCUT2D eigenvalue weighted by molar-refractivity contribution is 6.35. The number of ether oxygens (including phenoxy) is 2. The molecule has 0 spiro atoms. The molecule has 0 bridgehead atoms. The molecule has 0 saturated carbocycles. The van der Waals surface area contributed by atoms with Gasteiger partial charge in [-0.3, -0.25) is 9.59 Å². The standard InChI is InChI=1S/C9H17N3O4/c10-1-2-11-8(13)9(14)12-5-7-6-15-3-4-16-7/h7H,1-6,10H2,(H,11,13)(H,12,14). The lowest BCUT2D eigenvalue weighted by Crippen LogP contribution is -2.46. The van der Waals surface area contributed by atoms with Crippen molar-refractivity contribution < 1.29 is 19.1 Å². The van der Waals surface area contributed by atoms with Gasteiger partial charge < -0.3 is 25.8 Å². The van der Waals surface area contributed by atoms with E-state index >= 15 is 0 Å². The van der Waals surface area contributed by atoms with Gasteiger partial charge in [0.25, 0.3) is 0 Å². The minimum atomic E-state index is -0.679. The van der Waals surface area contributed by atoms with E-state index in [0.29, 0.717) is 26.4 Å². The zero-order valence-corrected chi connectivity index (χ0v) is 9.03. The summed E-state index contributed by atoms with van der Waals surface area (Å²) in [6.45, 7) is 2.38. The lowest BCUT2D eigenvalue weighted by atomic mass is 10.3. The predicted molar refractivity (Wildman–Crippen MR) is 55.6 cm³/mol. The molecule has 1 unspecified atom stereocenters. The molecule has 0 aromatic carbocycles. The first kappa shape index (κ1) is 12.9. The van der Waals surface area contributed by atoms with E-state index in [-0.39, 0.29) is 19.2 Å². The first-order valence-electron chi connectivity index (χ1n) is 5.19. The van der Waals surface area contributed by atoms with Crippen molar-refractivity contribution in [1.82, 2.24) is 10.6 Å². The van der Waals surface area contributed by atoms with E-state index in [4.69, 9.17) is 15.2 Å².